The van der Waals surface area contributed by atoms with Gasteiger partial charge in [-0.25, -0.2) is 0 Å². The van der Waals surface area contributed by atoms with Crippen LogP contribution in [0.1, 0.15) is 19.4 Å². The minimum atomic E-state index is -0.388. The summed E-state index contributed by atoms with van der Waals surface area (Å²) >= 11 is 2.54. The molecule has 128 valence electrons. The Kier molecular flexibility index (Phi) is 6.74. The molecule has 1 heterocycles. The molecule has 0 saturated carbocycles. The number of carbonyl (C=O) groups is 2. The van der Waals surface area contributed by atoms with Crippen molar-refractivity contribution in [2.45, 2.75) is 26.0 Å². The number of aromatic nitrogens is 2. The Labute approximate surface area is 149 Å². The minimum absolute atomic E-state index is 0.146. The van der Waals surface area contributed by atoms with Gasteiger partial charge in [0.2, 0.25) is 11.0 Å². The number of nitrogens with one attached hydrogen (secondary N) is 1. The van der Waals surface area contributed by atoms with Crippen molar-refractivity contribution >= 4 is 40.1 Å². The zero-order chi connectivity index (χ0) is 17.5. The predicted molar refractivity (Wildman–Crippen MR) is 97.3 cm³/mol. The van der Waals surface area contributed by atoms with Gasteiger partial charge in [-0.2, -0.15) is 0 Å². The Bertz CT molecular complexity index is 701. The van der Waals surface area contributed by atoms with Crippen LogP contribution in [0.2, 0.25) is 0 Å². The lowest BCUT2D eigenvalue weighted by Gasteiger charge is -2.09. The number of carbonyl (C=O) groups excluding carboxylic acids is 2. The summed E-state index contributed by atoms with van der Waals surface area (Å²) in [6, 6.07) is 7.95. The van der Waals surface area contributed by atoms with Crippen molar-refractivity contribution in [1.82, 2.24) is 10.2 Å². The van der Waals surface area contributed by atoms with Gasteiger partial charge in [0, 0.05) is 5.56 Å². The Hall–Kier alpha value is -1.93. The Morgan fingerprint density at radius 3 is 2.67 bits per heavy atom. The van der Waals surface area contributed by atoms with Crippen molar-refractivity contribution in [2.24, 2.45) is 0 Å². The fourth-order valence-electron chi connectivity index (χ4n) is 1.76. The van der Waals surface area contributed by atoms with E-state index in [0.29, 0.717) is 11.7 Å². The second-order valence-corrected chi connectivity index (χ2v) is 7.33. The second-order valence-electron chi connectivity index (χ2n) is 5.03. The summed E-state index contributed by atoms with van der Waals surface area (Å²) in [4.78, 5) is 23.4. The monoisotopic (exact) mass is 365 g/mol. The fourth-order valence-corrected chi connectivity index (χ4v) is 3.20. The molecule has 0 aliphatic heterocycles. The average Bonchev–Trinajstić information content (AvgIpc) is 3.02. The molecule has 2 rings (SSSR count). The van der Waals surface area contributed by atoms with Crippen molar-refractivity contribution in [3.63, 3.8) is 0 Å². The molecule has 0 fully saturated rings. The highest BCUT2D eigenvalue weighted by Crippen LogP contribution is 2.27. The third-order valence-electron chi connectivity index (χ3n) is 3.08. The fraction of sp³-hybridized carbons (Fsp3) is 0.375. The first-order valence-electron chi connectivity index (χ1n) is 7.48. The van der Waals surface area contributed by atoms with Crippen molar-refractivity contribution < 1.29 is 14.3 Å². The quantitative estimate of drug-likeness (QED) is 0.759. The van der Waals surface area contributed by atoms with Crippen LogP contribution in [0.15, 0.2) is 24.3 Å². The van der Waals surface area contributed by atoms with Crippen LogP contribution in [0.5, 0.6) is 0 Å². The first kappa shape index (κ1) is 18.4. The maximum Gasteiger partial charge on any atom is 0.315 e. The van der Waals surface area contributed by atoms with Gasteiger partial charge in [0.15, 0.2) is 0 Å². The molecule has 0 spiro atoms. The van der Waals surface area contributed by atoms with Crippen LogP contribution in [0.3, 0.4) is 0 Å². The lowest BCUT2D eigenvalue weighted by atomic mass is 10.2. The molecule has 1 aromatic heterocycles. The molecule has 0 aliphatic rings. The van der Waals surface area contributed by atoms with E-state index in [4.69, 9.17) is 4.74 Å². The average molecular weight is 365 g/mol. The van der Waals surface area contributed by atoms with Gasteiger partial charge in [-0.15, -0.1) is 22.0 Å². The Balaban J connectivity index is 1.90. The number of ether oxygens (including phenoxy) is 1. The van der Waals surface area contributed by atoms with Crippen LogP contribution >= 0.6 is 23.1 Å². The van der Waals surface area contributed by atoms with Crippen molar-refractivity contribution in [3.05, 3.63) is 29.8 Å². The van der Waals surface area contributed by atoms with E-state index in [0.717, 1.165) is 10.6 Å². The van der Waals surface area contributed by atoms with Gasteiger partial charge in [0.25, 0.3) is 0 Å². The third-order valence-corrected chi connectivity index (χ3v) is 5.08. The lowest BCUT2D eigenvalue weighted by molar-refractivity contribution is -0.139. The normalized spacial score (nSPS) is 11.8. The number of aryl methyl sites for hydroxylation is 1. The molecule has 0 bridgehead atoms. The molecule has 6 nitrogen and oxygen atoms in total. The Morgan fingerprint density at radius 1 is 1.29 bits per heavy atom. The van der Waals surface area contributed by atoms with Crippen molar-refractivity contribution in [3.8, 4) is 10.6 Å². The van der Waals surface area contributed by atoms with Crippen LogP contribution in [-0.2, 0) is 14.3 Å². The van der Waals surface area contributed by atoms with Crippen molar-refractivity contribution in [1.29, 1.82) is 0 Å². The van der Waals surface area contributed by atoms with Gasteiger partial charge in [-0.1, -0.05) is 41.2 Å². The molecule has 2 aromatic rings. The summed E-state index contributed by atoms with van der Waals surface area (Å²) in [6.07, 6.45) is 0. The second kappa shape index (κ2) is 8.79. The molecular weight excluding hydrogens is 346 g/mol. The molecule has 1 aromatic carbocycles. The highest BCUT2D eigenvalue weighted by atomic mass is 32.2. The molecule has 1 atom stereocenters. The first-order valence-corrected chi connectivity index (χ1v) is 9.34. The number of hydrogen-bond acceptors (Lipinski definition) is 7. The summed E-state index contributed by atoms with van der Waals surface area (Å²) in [5.74, 6) is -0.386. The number of esters is 1. The van der Waals surface area contributed by atoms with E-state index in [9.17, 15) is 9.59 Å². The van der Waals surface area contributed by atoms with Crippen LogP contribution < -0.4 is 5.32 Å². The molecule has 0 radical (unpaired) electrons. The number of thioether (sulfide) groups is 1. The highest BCUT2D eigenvalue weighted by molar-refractivity contribution is 8.01. The topological polar surface area (TPSA) is 81.2 Å². The van der Waals surface area contributed by atoms with E-state index in [1.54, 1.807) is 13.8 Å². The molecule has 8 heteroatoms. The van der Waals surface area contributed by atoms with Crippen LogP contribution in [-0.4, -0.2) is 39.7 Å². The lowest BCUT2D eigenvalue weighted by Crippen LogP contribution is -2.24. The largest absolute Gasteiger partial charge is 0.465 e. The maximum atomic E-state index is 12.1. The molecule has 1 N–H and O–H groups in total. The van der Waals surface area contributed by atoms with E-state index < -0.39 is 0 Å². The number of anilines is 1. The van der Waals surface area contributed by atoms with Crippen LogP contribution in [0, 0.1) is 6.92 Å². The minimum Gasteiger partial charge on any atom is -0.465 e. The Morgan fingerprint density at radius 2 is 2.00 bits per heavy atom. The van der Waals surface area contributed by atoms with E-state index in [-0.39, 0.29) is 22.9 Å². The van der Waals surface area contributed by atoms with E-state index >= 15 is 0 Å². The van der Waals surface area contributed by atoms with Gasteiger partial charge < -0.3 is 4.74 Å². The summed E-state index contributed by atoms with van der Waals surface area (Å²) in [5, 5.41) is 11.6. The molecule has 0 unspecified atom stereocenters. The molecule has 0 aliphatic carbocycles. The van der Waals surface area contributed by atoms with Crippen LogP contribution in [0.4, 0.5) is 5.13 Å². The third kappa shape index (κ3) is 5.31. The zero-order valence-electron chi connectivity index (χ0n) is 13.7. The summed E-state index contributed by atoms with van der Waals surface area (Å²) in [5.41, 5.74) is 2.13. The SMILES string of the molecule is CCOC(=O)CS[C@@H](C)C(=O)Nc1nnc(-c2ccc(C)cc2)s1. The van der Waals surface area contributed by atoms with Gasteiger partial charge >= 0.3 is 5.97 Å². The van der Waals surface area contributed by atoms with Crippen LogP contribution in [0.25, 0.3) is 10.6 Å². The smallest absolute Gasteiger partial charge is 0.315 e. The number of rotatable bonds is 7. The molecular formula is C16H19N3O3S2. The predicted octanol–water partition coefficient (Wildman–Crippen LogP) is 3.14. The zero-order valence-corrected chi connectivity index (χ0v) is 15.4. The maximum absolute atomic E-state index is 12.1. The van der Waals surface area contributed by atoms with Gasteiger partial charge in [-0.05, 0) is 20.8 Å². The van der Waals surface area contributed by atoms with Gasteiger partial charge in [0.05, 0.1) is 17.6 Å². The summed E-state index contributed by atoms with van der Waals surface area (Å²) < 4.78 is 4.84. The molecule has 1 amide bonds. The number of amides is 1. The number of hydrogen-bond donors (Lipinski definition) is 1. The van der Waals surface area contributed by atoms with Gasteiger partial charge in [-0.3, -0.25) is 14.9 Å². The standard InChI is InChI=1S/C16H19N3O3S2/c1-4-22-13(20)9-23-11(3)14(21)17-16-19-18-15(24-16)12-7-5-10(2)6-8-12/h5-8,11H,4,9H2,1-3H3,(H,17,19,21)/t11-/m0/s1. The number of nitrogens with zero attached hydrogens (tertiary/aromatic N) is 2. The van der Waals surface area contributed by atoms with E-state index in [1.165, 1.54) is 28.7 Å². The molecule has 0 saturated heterocycles. The highest BCUT2D eigenvalue weighted by Gasteiger charge is 2.17. The van der Waals surface area contributed by atoms with E-state index in [1.807, 2.05) is 31.2 Å². The van der Waals surface area contributed by atoms with Gasteiger partial charge in [0.1, 0.15) is 5.01 Å². The number of benzene rings is 1. The summed E-state index contributed by atoms with van der Waals surface area (Å²) in [6.45, 7) is 5.85. The van der Waals surface area contributed by atoms with Crippen molar-refractivity contribution in [2.75, 3.05) is 17.7 Å². The first-order chi connectivity index (χ1) is 11.5. The summed E-state index contributed by atoms with van der Waals surface area (Å²) in [7, 11) is 0. The van der Waals surface area contributed by atoms with E-state index in [2.05, 4.69) is 15.5 Å². The molecule has 24 heavy (non-hydrogen) atoms.